The van der Waals surface area contributed by atoms with Gasteiger partial charge in [-0.1, -0.05) is 0 Å². The van der Waals surface area contributed by atoms with E-state index in [0.717, 1.165) is 53.5 Å². The lowest BCUT2D eigenvalue weighted by atomic mass is 10.1. The molecule has 0 spiro atoms. The predicted molar refractivity (Wildman–Crippen MR) is 121 cm³/mol. The van der Waals surface area contributed by atoms with Crippen LogP contribution in [0.25, 0.3) is 21.8 Å². The van der Waals surface area contributed by atoms with Crippen LogP contribution in [-0.2, 0) is 0 Å². The Labute approximate surface area is 179 Å². The van der Waals surface area contributed by atoms with Crippen LogP contribution in [0.2, 0.25) is 0 Å². The molecule has 3 aromatic heterocycles. The van der Waals surface area contributed by atoms with Crippen molar-refractivity contribution in [2.75, 3.05) is 36.4 Å². The zero-order chi connectivity index (χ0) is 21.5. The number of nitrogens with one attached hydrogen (secondary N) is 2. The molecule has 9 heteroatoms. The van der Waals surface area contributed by atoms with Crippen molar-refractivity contribution < 1.29 is 4.39 Å². The highest BCUT2D eigenvalue weighted by Crippen LogP contribution is 2.30. The van der Waals surface area contributed by atoms with Gasteiger partial charge in [0.05, 0.1) is 23.6 Å². The Morgan fingerprint density at radius 3 is 2.65 bits per heavy atom. The summed E-state index contributed by atoms with van der Waals surface area (Å²) in [4.78, 5) is 15.5. The molecule has 1 aliphatic rings. The van der Waals surface area contributed by atoms with E-state index in [0.29, 0.717) is 17.5 Å². The largest absolute Gasteiger partial charge is 0.365 e. The fourth-order valence-corrected chi connectivity index (χ4v) is 4.08. The molecule has 2 N–H and O–H groups in total. The molecule has 1 aliphatic heterocycles. The van der Waals surface area contributed by atoms with E-state index < -0.39 is 0 Å². The highest BCUT2D eigenvalue weighted by atomic mass is 19.1. The average Bonchev–Trinajstić information content (AvgIpc) is 3.22. The van der Waals surface area contributed by atoms with Crippen molar-refractivity contribution in [2.24, 2.45) is 0 Å². The van der Waals surface area contributed by atoms with Gasteiger partial charge in [0.1, 0.15) is 11.3 Å². The maximum atomic E-state index is 14.7. The molecule has 0 atom stereocenters. The number of benzene rings is 1. The van der Waals surface area contributed by atoms with Crippen molar-refractivity contribution >= 4 is 39.3 Å². The van der Waals surface area contributed by atoms with Crippen molar-refractivity contribution in [3.8, 4) is 0 Å². The molecular formula is C22H25FN8. The molecule has 8 nitrogen and oxygen atoms in total. The maximum absolute atomic E-state index is 14.7. The van der Waals surface area contributed by atoms with Crippen LogP contribution >= 0.6 is 0 Å². The summed E-state index contributed by atoms with van der Waals surface area (Å²) in [6.45, 7) is 9.45. The molecule has 0 radical (unpaired) electrons. The van der Waals surface area contributed by atoms with E-state index in [9.17, 15) is 4.39 Å². The fraction of sp³-hybridized carbons (Fsp3) is 0.364. The minimum Gasteiger partial charge on any atom is -0.365 e. The predicted octanol–water partition coefficient (Wildman–Crippen LogP) is 3.56. The third kappa shape index (κ3) is 3.54. The number of rotatable bonds is 4. The number of hydrogen-bond donors (Lipinski definition) is 2. The SMILES string of the molecule is Cc1cc2cnc(Nc3cc(F)c(N4CCNCC4)cn3)nc2c2c1cnn2C(C)C. The van der Waals surface area contributed by atoms with Crippen LogP contribution in [0.5, 0.6) is 0 Å². The third-order valence-electron chi connectivity index (χ3n) is 5.65. The molecule has 4 aromatic rings. The minimum absolute atomic E-state index is 0.196. The molecule has 1 aromatic carbocycles. The Balaban J connectivity index is 1.51. The second kappa shape index (κ2) is 7.73. The van der Waals surface area contributed by atoms with Gasteiger partial charge in [-0.3, -0.25) is 4.68 Å². The molecule has 160 valence electrons. The van der Waals surface area contributed by atoms with E-state index in [1.165, 1.54) is 6.07 Å². The molecule has 0 unspecified atom stereocenters. The molecule has 4 heterocycles. The summed E-state index contributed by atoms with van der Waals surface area (Å²) in [5.74, 6) is 0.434. The molecule has 0 aliphatic carbocycles. The monoisotopic (exact) mass is 420 g/mol. The maximum Gasteiger partial charge on any atom is 0.228 e. The third-order valence-corrected chi connectivity index (χ3v) is 5.65. The summed E-state index contributed by atoms with van der Waals surface area (Å²) in [6, 6.07) is 3.66. The van der Waals surface area contributed by atoms with Gasteiger partial charge in [-0.05, 0) is 32.4 Å². The fourth-order valence-electron chi connectivity index (χ4n) is 4.08. The first-order chi connectivity index (χ1) is 15.0. The lowest BCUT2D eigenvalue weighted by molar-refractivity contribution is 0.552. The lowest BCUT2D eigenvalue weighted by Gasteiger charge is -2.29. The molecule has 1 saturated heterocycles. The number of fused-ring (bicyclic) bond motifs is 3. The van der Waals surface area contributed by atoms with Gasteiger partial charge < -0.3 is 15.5 Å². The zero-order valence-electron chi connectivity index (χ0n) is 17.9. The first kappa shape index (κ1) is 19.6. The smallest absolute Gasteiger partial charge is 0.228 e. The number of hydrogen-bond acceptors (Lipinski definition) is 7. The van der Waals surface area contributed by atoms with Crippen LogP contribution in [0.3, 0.4) is 0 Å². The van der Waals surface area contributed by atoms with E-state index in [4.69, 9.17) is 4.98 Å². The standard InChI is InChI=1S/C22H25FN8/c1-13(2)31-21-16(11-27-31)14(3)8-15-10-26-22(29-20(15)21)28-19-9-17(23)18(12-25-19)30-6-4-24-5-7-30/h8-13,24H,4-7H2,1-3H3,(H,25,26,28,29). The first-order valence-electron chi connectivity index (χ1n) is 10.5. The summed E-state index contributed by atoms with van der Waals surface area (Å²) in [6.07, 6.45) is 5.23. The van der Waals surface area contributed by atoms with E-state index >= 15 is 0 Å². The van der Waals surface area contributed by atoms with Crippen molar-refractivity contribution in [1.29, 1.82) is 0 Å². The van der Waals surface area contributed by atoms with Crippen molar-refractivity contribution in [1.82, 2.24) is 30.0 Å². The topological polar surface area (TPSA) is 83.8 Å². The van der Waals surface area contributed by atoms with Gasteiger partial charge in [0.25, 0.3) is 0 Å². The van der Waals surface area contributed by atoms with Crippen molar-refractivity contribution in [3.05, 3.63) is 42.1 Å². The summed E-state index contributed by atoms with van der Waals surface area (Å²) >= 11 is 0. The van der Waals surface area contributed by atoms with Gasteiger partial charge in [-0.2, -0.15) is 5.10 Å². The van der Waals surface area contributed by atoms with Crippen LogP contribution in [0.15, 0.2) is 30.7 Å². The number of nitrogens with zero attached hydrogens (tertiary/aromatic N) is 6. The second-order valence-electron chi connectivity index (χ2n) is 8.15. The zero-order valence-corrected chi connectivity index (χ0v) is 17.9. The van der Waals surface area contributed by atoms with E-state index in [1.54, 1.807) is 12.4 Å². The van der Waals surface area contributed by atoms with Crippen LogP contribution in [0, 0.1) is 12.7 Å². The molecule has 5 rings (SSSR count). The molecule has 0 saturated carbocycles. The highest BCUT2D eigenvalue weighted by Gasteiger charge is 2.17. The van der Waals surface area contributed by atoms with Gasteiger partial charge in [0, 0.05) is 55.3 Å². The van der Waals surface area contributed by atoms with Gasteiger partial charge in [-0.25, -0.2) is 19.3 Å². The van der Waals surface area contributed by atoms with Crippen LogP contribution in [0.4, 0.5) is 21.8 Å². The Bertz CT molecular complexity index is 1260. The van der Waals surface area contributed by atoms with Crippen LogP contribution in [-0.4, -0.2) is 50.9 Å². The molecule has 31 heavy (non-hydrogen) atoms. The van der Waals surface area contributed by atoms with Gasteiger partial charge in [0.15, 0.2) is 5.82 Å². The number of anilines is 3. The van der Waals surface area contributed by atoms with Crippen molar-refractivity contribution in [2.45, 2.75) is 26.8 Å². The number of aromatic nitrogens is 5. The number of aryl methyl sites for hydroxylation is 1. The van der Waals surface area contributed by atoms with Crippen LogP contribution < -0.4 is 15.5 Å². The Hall–Kier alpha value is -3.33. The minimum atomic E-state index is -0.309. The number of pyridine rings is 1. The molecular weight excluding hydrogens is 395 g/mol. The van der Waals surface area contributed by atoms with E-state index in [2.05, 4.69) is 52.5 Å². The number of piperazine rings is 1. The van der Waals surface area contributed by atoms with Gasteiger partial charge in [-0.15, -0.1) is 0 Å². The Morgan fingerprint density at radius 1 is 1.10 bits per heavy atom. The van der Waals surface area contributed by atoms with E-state index in [-0.39, 0.29) is 11.9 Å². The summed E-state index contributed by atoms with van der Waals surface area (Å²) < 4.78 is 16.7. The second-order valence-corrected chi connectivity index (χ2v) is 8.15. The quantitative estimate of drug-likeness (QED) is 0.522. The van der Waals surface area contributed by atoms with Gasteiger partial charge in [0.2, 0.25) is 5.95 Å². The number of halogens is 1. The lowest BCUT2D eigenvalue weighted by Crippen LogP contribution is -2.43. The Morgan fingerprint density at radius 2 is 1.90 bits per heavy atom. The Kier molecular flexibility index (Phi) is 4.90. The summed E-state index contributed by atoms with van der Waals surface area (Å²) in [5, 5.41) is 12.9. The summed E-state index contributed by atoms with van der Waals surface area (Å²) in [7, 11) is 0. The van der Waals surface area contributed by atoms with Crippen LogP contribution in [0.1, 0.15) is 25.5 Å². The molecule has 0 bridgehead atoms. The normalized spacial score (nSPS) is 14.7. The molecule has 1 fully saturated rings. The average molecular weight is 420 g/mol. The van der Waals surface area contributed by atoms with E-state index in [1.807, 2.05) is 15.8 Å². The van der Waals surface area contributed by atoms with Crippen molar-refractivity contribution in [3.63, 3.8) is 0 Å². The van der Waals surface area contributed by atoms with Gasteiger partial charge >= 0.3 is 0 Å². The highest BCUT2D eigenvalue weighted by molar-refractivity contribution is 6.04. The molecule has 0 amide bonds. The first-order valence-corrected chi connectivity index (χ1v) is 10.5. The summed E-state index contributed by atoms with van der Waals surface area (Å²) in [5.41, 5.74) is 3.43.